The van der Waals surface area contributed by atoms with E-state index in [1.54, 1.807) is 22.9 Å². The second-order valence-corrected chi connectivity index (χ2v) is 10.1. The number of fused-ring (bicyclic) bond motifs is 1. The molecule has 1 unspecified atom stereocenters. The molecule has 2 aliphatic rings. The minimum Gasteiger partial charge on any atom is -0.381 e. The Bertz CT molecular complexity index is 1150. The topological polar surface area (TPSA) is 105 Å². The van der Waals surface area contributed by atoms with Crippen LogP contribution in [0.3, 0.4) is 0 Å². The van der Waals surface area contributed by atoms with E-state index in [0.29, 0.717) is 49.1 Å². The Kier molecular flexibility index (Phi) is 7.88. The Morgan fingerprint density at radius 1 is 1.31 bits per heavy atom. The fraction of sp³-hybridized carbons (Fsp3) is 0.480. The molecule has 1 atom stereocenters. The maximum absolute atomic E-state index is 12.5. The van der Waals surface area contributed by atoms with Gasteiger partial charge in [0.1, 0.15) is 23.4 Å². The summed E-state index contributed by atoms with van der Waals surface area (Å²) < 4.78 is 0. The Hall–Kier alpha value is -3.16. The van der Waals surface area contributed by atoms with Gasteiger partial charge in [-0.05, 0) is 44.7 Å². The number of piperazine rings is 1. The van der Waals surface area contributed by atoms with E-state index in [2.05, 4.69) is 29.5 Å². The summed E-state index contributed by atoms with van der Waals surface area (Å²) in [4.78, 5) is 39.6. The van der Waals surface area contributed by atoms with Gasteiger partial charge in [0.15, 0.2) is 6.29 Å². The molecule has 1 amide bonds. The lowest BCUT2D eigenvalue weighted by Gasteiger charge is -2.33. The van der Waals surface area contributed by atoms with Crippen LogP contribution in [-0.2, 0) is 17.8 Å². The number of hydrogen-bond acceptors (Lipinski definition) is 9. The van der Waals surface area contributed by atoms with E-state index < -0.39 is 0 Å². The summed E-state index contributed by atoms with van der Waals surface area (Å²) in [5.41, 5.74) is 3.40. The van der Waals surface area contributed by atoms with Crippen molar-refractivity contribution in [3.63, 3.8) is 0 Å². The summed E-state index contributed by atoms with van der Waals surface area (Å²) in [6.45, 7) is 5.02. The number of rotatable bonds is 8. The number of aromatic nitrogens is 2. The van der Waals surface area contributed by atoms with Crippen molar-refractivity contribution in [2.24, 2.45) is 0 Å². The first kappa shape index (κ1) is 24.9. The molecule has 0 aliphatic carbocycles. The van der Waals surface area contributed by atoms with Gasteiger partial charge >= 0.3 is 0 Å². The van der Waals surface area contributed by atoms with Gasteiger partial charge in [0.25, 0.3) is 0 Å². The molecule has 2 aliphatic heterocycles. The molecular formula is C25H31N7O2S. The van der Waals surface area contributed by atoms with Gasteiger partial charge in [-0.1, -0.05) is 0 Å². The van der Waals surface area contributed by atoms with Gasteiger partial charge in [-0.3, -0.25) is 14.5 Å². The minimum absolute atomic E-state index is 0.0625. The van der Waals surface area contributed by atoms with Crippen LogP contribution in [0.15, 0.2) is 18.3 Å². The first-order valence-corrected chi connectivity index (χ1v) is 13.2. The van der Waals surface area contributed by atoms with Crippen LogP contribution >= 0.6 is 11.8 Å². The third kappa shape index (κ3) is 5.57. The van der Waals surface area contributed by atoms with Crippen LogP contribution in [0.5, 0.6) is 0 Å². The predicted octanol–water partition coefficient (Wildman–Crippen LogP) is 2.68. The standard InChI is InChI=1S/C25H31N7O2S/c1-17(16-35-3)28-21-10-23(27-12-20(21)11-26)32-6-4-5-18-9-19(22(15-33)29-25(18)32)13-31-8-7-30(2)14-24(31)34/h9-10,12,15,17H,4-8,13-14,16H2,1-3H3,(H,27,28). The summed E-state index contributed by atoms with van der Waals surface area (Å²) in [5, 5.41) is 13.0. The molecular weight excluding hydrogens is 462 g/mol. The monoisotopic (exact) mass is 493 g/mol. The second kappa shape index (κ2) is 11.1. The fourth-order valence-electron chi connectivity index (χ4n) is 4.57. The molecule has 4 rings (SSSR count). The third-order valence-corrected chi connectivity index (χ3v) is 7.20. The van der Waals surface area contributed by atoms with Crippen LogP contribution < -0.4 is 10.2 Å². The number of nitriles is 1. The number of nitrogens with zero attached hydrogens (tertiary/aromatic N) is 6. The lowest BCUT2D eigenvalue weighted by atomic mass is 10.0. The maximum atomic E-state index is 12.5. The third-order valence-electron chi connectivity index (χ3n) is 6.36. The lowest BCUT2D eigenvalue weighted by Crippen LogP contribution is -2.48. The fourth-order valence-corrected chi connectivity index (χ4v) is 5.15. The molecule has 1 saturated heterocycles. The molecule has 0 saturated carbocycles. The summed E-state index contributed by atoms with van der Waals surface area (Å²) in [6.07, 6.45) is 6.16. The molecule has 0 radical (unpaired) electrons. The van der Waals surface area contributed by atoms with E-state index in [1.807, 2.05) is 29.0 Å². The highest BCUT2D eigenvalue weighted by molar-refractivity contribution is 7.98. The van der Waals surface area contributed by atoms with Gasteiger partial charge in [-0.2, -0.15) is 17.0 Å². The lowest BCUT2D eigenvalue weighted by molar-refractivity contribution is -0.136. The molecule has 9 nitrogen and oxygen atoms in total. The van der Waals surface area contributed by atoms with E-state index in [9.17, 15) is 14.9 Å². The van der Waals surface area contributed by atoms with E-state index >= 15 is 0 Å². The smallest absolute Gasteiger partial charge is 0.237 e. The van der Waals surface area contributed by atoms with E-state index in [4.69, 9.17) is 4.98 Å². The van der Waals surface area contributed by atoms with Gasteiger partial charge < -0.3 is 15.1 Å². The van der Waals surface area contributed by atoms with Crippen molar-refractivity contribution in [2.75, 3.05) is 55.5 Å². The van der Waals surface area contributed by atoms with Crippen molar-refractivity contribution in [1.82, 2.24) is 19.8 Å². The van der Waals surface area contributed by atoms with E-state index in [1.165, 1.54) is 0 Å². The predicted molar refractivity (Wildman–Crippen MR) is 138 cm³/mol. The van der Waals surface area contributed by atoms with Crippen LogP contribution in [0.1, 0.15) is 40.5 Å². The summed E-state index contributed by atoms with van der Waals surface area (Å²) in [5.74, 6) is 2.38. The zero-order valence-corrected chi connectivity index (χ0v) is 21.3. The molecule has 2 aromatic heterocycles. The average Bonchev–Trinajstić information content (AvgIpc) is 2.85. The number of anilines is 3. The second-order valence-electron chi connectivity index (χ2n) is 9.14. The quantitative estimate of drug-likeness (QED) is 0.556. The number of likely N-dealkylation sites (N-methyl/N-ethyl adjacent to an activating group) is 1. The molecule has 10 heteroatoms. The first-order valence-electron chi connectivity index (χ1n) is 11.8. The van der Waals surface area contributed by atoms with Crippen molar-refractivity contribution in [3.8, 4) is 6.07 Å². The van der Waals surface area contributed by atoms with Crippen molar-refractivity contribution in [1.29, 1.82) is 5.26 Å². The van der Waals surface area contributed by atoms with Crippen LogP contribution in [0.2, 0.25) is 0 Å². The number of pyridine rings is 2. The highest BCUT2D eigenvalue weighted by Crippen LogP contribution is 2.34. The molecule has 4 heterocycles. The Labute approximate surface area is 210 Å². The number of hydrogen-bond donors (Lipinski definition) is 1. The summed E-state index contributed by atoms with van der Waals surface area (Å²) >= 11 is 1.74. The van der Waals surface area contributed by atoms with Crippen LogP contribution in [0.25, 0.3) is 0 Å². The average molecular weight is 494 g/mol. The summed E-state index contributed by atoms with van der Waals surface area (Å²) in [6, 6.07) is 6.32. The van der Waals surface area contributed by atoms with Crippen LogP contribution in [-0.4, -0.2) is 83.2 Å². The number of nitrogens with one attached hydrogen (secondary N) is 1. The van der Waals surface area contributed by atoms with Crippen molar-refractivity contribution in [3.05, 3.63) is 40.7 Å². The van der Waals surface area contributed by atoms with Crippen LogP contribution in [0, 0.1) is 11.3 Å². The Morgan fingerprint density at radius 2 is 2.14 bits per heavy atom. The van der Waals surface area contributed by atoms with Crippen molar-refractivity contribution >= 4 is 41.3 Å². The maximum Gasteiger partial charge on any atom is 0.237 e. The van der Waals surface area contributed by atoms with Gasteiger partial charge in [-0.15, -0.1) is 0 Å². The van der Waals surface area contributed by atoms with Gasteiger partial charge in [0.05, 0.1) is 17.8 Å². The number of amides is 1. The highest BCUT2D eigenvalue weighted by Gasteiger charge is 2.27. The molecule has 0 spiro atoms. The minimum atomic E-state index is 0.0625. The van der Waals surface area contributed by atoms with E-state index in [-0.39, 0.29) is 11.9 Å². The normalized spacial score (nSPS) is 17.0. The summed E-state index contributed by atoms with van der Waals surface area (Å²) in [7, 11) is 1.93. The van der Waals surface area contributed by atoms with Gasteiger partial charge in [0, 0.05) is 55.8 Å². The number of thioether (sulfide) groups is 1. The number of aldehydes is 1. The zero-order valence-electron chi connectivity index (χ0n) is 20.5. The molecule has 1 N–H and O–H groups in total. The largest absolute Gasteiger partial charge is 0.381 e. The molecule has 1 fully saturated rings. The van der Waals surface area contributed by atoms with Gasteiger partial charge in [0.2, 0.25) is 5.91 Å². The van der Waals surface area contributed by atoms with Crippen LogP contribution in [0.4, 0.5) is 17.3 Å². The zero-order chi connectivity index (χ0) is 24.9. The molecule has 35 heavy (non-hydrogen) atoms. The van der Waals surface area contributed by atoms with E-state index in [0.717, 1.165) is 48.2 Å². The van der Waals surface area contributed by atoms with Crippen molar-refractivity contribution in [2.45, 2.75) is 32.4 Å². The molecule has 184 valence electrons. The first-order chi connectivity index (χ1) is 16.9. The number of carbonyl (C=O) groups excluding carboxylic acids is 2. The number of carbonyl (C=O) groups is 2. The molecule has 0 bridgehead atoms. The highest BCUT2D eigenvalue weighted by atomic mass is 32.2. The Balaban J connectivity index is 1.64. The molecule has 0 aromatic carbocycles. The number of aryl methyl sites for hydroxylation is 1. The van der Waals surface area contributed by atoms with Crippen molar-refractivity contribution < 1.29 is 9.59 Å². The van der Waals surface area contributed by atoms with Gasteiger partial charge in [-0.25, -0.2) is 9.97 Å². The SMILES string of the molecule is CSCC(C)Nc1cc(N2CCCc3cc(CN4CCN(C)CC4=O)c(C=O)nc32)ncc1C#N. The Morgan fingerprint density at radius 3 is 2.86 bits per heavy atom. The molecule has 2 aromatic rings.